The molecule has 0 spiro atoms. The van der Waals surface area contributed by atoms with Crippen LogP contribution in [0.15, 0.2) is 42.5 Å². The molecule has 106 valence electrons. The average Bonchev–Trinajstić information content (AvgIpc) is 2.42. The second kappa shape index (κ2) is 6.87. The van der Waals surface area contributed by atoms with Crippen LogP contribution in [0.3, 0.4) is 0 Å². The number of hydrogen-bond donors (Lipinski definition) is 1. The van der Waals surface area contributed by atoms with Crippen molar-refractivity contribution in [2.24, 2.45) is 0 Å². The van der Waals surface area contributed by atoms with Crippen molar-refractivity contribution in [2.45, 2.75) is 26.3 Å². The highest BCUT2D eigenvalue weighted by Gasteiger charge is 2.16. The highest BCUT2D eigenvalue weighted by molar-refractivity contribution is 6.31. The summed E-state index contributed by atoms with van der Waals surface area (Å²) in [5.74, 6) is -0.308. The summed E-state index contributed by atoms with van der Waals surface area (Å²) in [7, 11) is 0. The predicted octanol–water partition coefficient (Wildman–Crippen LogP) is 4.88. The van der Waals surface area contributed by atoms with Crippen LogP contribution in [0.1, 0.15) is 36.1 Å². The summed E-state index contributed by atoms with van der Waals surface area (Å²) in [5.41, 5.74) is 3.26. The van der Waals surface area contributed by atoms with Crippen molar-refractivity contribution in [3.8, 4) is 0 Å². The molecule has 1 unspecified atom stereocenters. The van der Waals surface area contributed by atoms with Gasteiger partial charge in [-0.25, -0.2) is 4.39 Å². The van der Waals surface area contributed by atoms with E-state index in [4.69, 9.17) is 11.6 Å². The molecule has 3 heteroatoms. The molecule has 0 saturated heterocycles. The maximum Gasteiger partial charge on any atom is 0.124 e. The summed E-state index contributed by atoms with van der Waals surface area (Å²) in [5, 5.41) is 3.93. The Morgan fingerprint density at radius 3 is 2.45 bits per heavy atom. The molecule has 2 aromatic carbocycles. The van der Waals surface area contributed by atoms with Gasteiger partial charge in [0.2, 0.25) is 0 Å². The summed E-state index contributed by atoms with van der Waals surface area (Å²) in [4.78, 5) is 0. The molecule has 0 saturated carbocycles. The van der Waals surface area contributed by atoms with Gasteiger partial charge >= 0.3 is 0 Å². The predicted molar refractivity (Wildman–Crippen MR) is 82.7 cm³/mol. The van der Waals surface area contributed by atoms with E-state index in [-0.39, 0.29) is 11.9 Å². The molecule has 0 bridgehead atoms. The fourth-order valence-corrected chi connectivity index (χ4v) is 2.47. The fourth-order valence-electron chi connectivity index (χ4n) is 2.19. The maximum absolute atomic E-state index is 13.2. The largest absolute Gasteiger partial charge is 0.306 e. The van der Waals surface area contributed by atoms with Gasteiger partial charge in [-0.15, -0.1) is 0 Å². The van der Waals surface area contributed by atoms with Crippen molar-refractivity contribution in [3.05, 3.63) is 70.0 Å². The van der Waals surface area contributed by atoms with Gasteiger partial charge in [0.05, 0.1) is 6.04 Å². The Labute approximate surface area is 124 Å². The highest BCUT2D eigenvalue weighted by Crippen LogP contribution is 2.29. The van der Waals surface area contributed by atoms with Crippen LogP contribution < -0.4 is 5.32 Å². The summed E-state index contributed by atoms with van der Waals surface area (Å²) in [6.07, 6.45) is 1.03. The van der Waals surface area contributed by atoms with Gasteiger partial charge in [0.15, 0.2) is 0 Å². The molecule has 20 heavy (non-hydrogen) atoms. The molecule has 0 aromatic heterocycles. The number of aryl methyl sites for hydroxylation is 1. The summed E-state index contributed by atoms with van der Waals surface area (Å²) >= 11 is 6.20. The van der Waals surface area contributed by atoms with Gasteiger partial charge < -0.3 is 5.32 Å². The van der Waals surface area contributed by atoms with Crippen LogP contribution in [0.25, 0.3) is 0 Å². The first-order chi connectivity index (χ1) is 9.61. The normalized spacial score (nSPS) is 12.4. The monoisotopic (exact) mass is 291 g/mol. The lowest BCUT2D eigenvalue weighted by Gasteiger charge is -2.21. The molecular weight excluding hydrogens is 273 g/mol. The van der Waals surface area contributed by atoms with E-state index >= 15 is 0 Å². The Hall–Kier alpha value is -1.38. The first-order valence-electron chi connectivity index (χ1n) is 6.86. The lowest BCUT2D eigenvalue weighted by molar-refractivity contribution is 0.593. The fraction of sp³-hybridized carbons (Fsp3) is 0.294. The van der Waals surface area contributed by atoms with Gasteiger partial charge in [-0.05, 0) is 43.1 Å². The Kier molecular flexibility index (Phi) is 5.16. The van der Waals surface area contributed by atoms with Crippen molar-refractivity contribution in [1.82, 2.24) is 5.32 Å². The van der Waals surface area contributed by atoms with Gasteiger partial charge in [-0.2, -0.15) is 0 Å². The molecule has 0 radical (unpaired) electrons. The van der Waals surface area contributed by atoms with Crippen molar-refractivity contribution in [1.29, 1.82) is 0 Å². The minimum atomic E-state index is -0.308. The van der Waals surface area contributed by atoms with E-state index in [0.29, 0.717) is 5.02 Å². The number of nitrogens with one attached hydrogen (secondary N) is 1. The minimum Gasteiger partial charge on any atom is -0.306 e. The molecule has 0 amide bonds. The zero-order valence-electron chi connectivity index (χ0n) is 11.8. The van der Waals surface area contributed by atoms with E-state index in [2.05, 4.69) is 43.4 Å². The zero-order valence-corrected chi connectivity index (χ0v) is 12.5. The summed E-state index contributed by atoms with van der Waals surface area (Å²) in [6, 6.07) is 12.9. The molecule has 0 aliphatic heterocycles. The standard InChI is InChI=1S/C17H19ClFN/c1-3-10-20-17(13-6-4-12(2)5-7-13)15-9-8-14(19)11-16(15)18/h4-9,11,17,20H,3,10H2,1-2H3. The quantitative estimate of drug-likeness (QED) is 0.828. The molecule has 0 fully saturated rings. The van der Waals surface area contributed by atoms with Crippen LogP contribution in [0, 0.1) is 12.7 Å². The van der Waals surface area contributed by atoms with Gasteiger partial charge in [0.1, 0.15) is 5.82 Å². The lowest BCUT2D eigenvalue weighted by Crippen LogP contribution is -2.23. The minimum absolute atomic E-state index is 0.0105. The molecule has 1 atom stereocenters. The van der Waals surface area contributed by atoms with Gasteiger partial charge in [0, 0.05) is 5.02 Å². The van der Waals surface area contributed by atoms with Crippen LogP contribution >= 0.6 is 11.6 Å². The summed E-state index contributed by atoms with van der Waals surface area (Å²) in [6.45, 7) is 5.06. The lowest BCUT2D eigenvalue weighted by atomic mass is 9.97. The third-order valence-electron chi connectivity index (χ3n) is 3.28. The Morgan fingerprint density at radius 1 is 1.15 bits per heavy atom. The maximum atomic E-state index is 13.2. The van der Waals surface area contributed by atoms with E-state index in [1.807, 2.05) is 0 Å². The zero-order chi connectivity index (χ0) is 14.5. The second-order valence-corrected chi connectivity index (χ2v) is 5.37. The Morgan fingerprint density at radius 2 is 1.85 bits per heavy atom. The van der Waals surface area contributed by atoms with E-state index in [9.17, 15) is 4.39 Å². The van der Waals surface area contributed by atoms with Gasteiger partial charge in [-0.3, -0.25) is 0 Å². The van der Waals surface area contributed by atoms with Crippen molar-refractivity contribution >= 4 is 11.6 Å². The highest BCUT2D eigenvalue weighted by atomic mass is 35.5. The van der Waals surface area contributed by atoms with Crippen LogP contribution in [0.2, 0.25) is 5.02 Å². The Bertz CT molecular complexity index is 566. The van der Waals surface area contributed by atoms with E-state index in [1.54, 1.807) is 6.07 Å². The molecule has 0 aliphatic rings. The molecular formula is C17H19ClFN. The molecule has 2 aromatic rings. The number of benzene rings is 2. The van der Waals surface area contributed by atoms with Gasteiger partial charge in [0.25, 0.3) is 0 Å². The van der Waals surface area contributed by atoms with Crippen molar-refractivity contribution in [3.63, 3.8) is 0 Å². The first kappa shape index (κ1) is 15.0. The number of halogens is 2. The number of hydrogen-bond acceptors (Lipinski definition) is 1. The molecule has 1 nitrogen and oxygen atoms in total. The van der Waals surface area contributed by atoms with Gasteiger partial charge in [-0.1, -0.05) is 54.4 Å². The molecule has 1 N–H and O–H groups in total. The molecule has 2 rings (SSSR count). The topological polar surface area (TPSA) is 12.0 Å². The van der Waals surface area contributed by atoms with Crippen LogP contribution in [0.4, 0.5) is 4.39 Å². The summed E-state index contributed by atoms with van der Waals surface area (Å²) < 4.78 is 13.2. The van der Waals surface area contributed by atoms with E-state index < -0.39 is 0 Å². The van der Waals surface area contributed by atoms with Crippen molar-refractivity contribution in [2.75, 3.05) is 6.54 Å². The Balaban J connectivity index is 2.38. The van der Waals surface area contributed by atoms with Crippen molar-refractivity contribution < 1.29 is 4.39 Å². The SMILES string of the molecule is CCCNC(c1ccc(C)cc1)c1ccc(F)cc1Cl. The molecule has 0 aliphatic carbocycles. The number of rotatable bonds is 5. The van der Waals surface area contributed by atoms with Crippen LogP contribution in [0.5, 0.6) is 0 Å². The average molecular weight is 292 g/mol. The second-order valence-electron chi connectivity index (χ2n) is 4.96. The third kappa shape index (κ3) is 3.59. The first-order valence-corrected chi connectivity index (χ1v) is 7.24. The van der Waals surface area contributed by atoms with E-state index in [0.717, 1.165) is 24.1 Å². The van der Waals surface area contributed by atoms with Crippen LogP contribution in [-0.2, 0) is 0 Å². The van der Waals surface area contributed by atoms with E-state index in [1.165, 1.54) is 17.7 Å². The van der Waals surface area contributed by atoms with Crippen LogP contribution in [-0.4, -0.2) is 6.54 Å². The third-order valence-corrected chi connectivity index (χ3v) is 3.61. The smallest absolute Gasteiger partial charge is 0.124 e. The molecule has 0 heterocycles.